The van der Waals surface area contributed by atoms with Crippen LogP contribution in [0.1, 0.15) is 18.9 Å². The topological polar surface area (TPSA) is 71.0 Å². The number of hydrogen-bond acceptors (Lipinski definition) is 5. The zero-order valence-corrected chi connectivity index (χ0v) is 17.4. The standard InChI is InChI=1S/C22H25N3O3S/c1-3-23-21(27)19-15-20(26)25(14-13-16-7-5-4-6-8-16)22(29-19)24-17-9-11-18(28-2)12-10-17/h4-12,19H,3,13-15H2,1-2H3,(H,23,27). The number of carbonyl (C=O) groups excluding carboxylic acids is 2. The van der Waals surface area contributed by atoms with Crippen molar-refractivity contribution in [1.82, 2.24) is 10.2 Å². The summed E-state index contributed by atoms with van der Waals surface area (Å²) < 4.78 is 5.19. The fraction of sp³-hybridized carbons (Fsp3) is 0.318. The number of hydrogen-bond donors (Lipinski definition) is 1. The summed E-state index contributed by atoms with van der Waals surface area (Å²) in [4.78, 5) is 31.6. The first-order valence-corrected chi connectivity index (χ1v) is 10.5. The Balaban J connectivity index is 1.83. The molecule has 0 spiro atoms. The Hall–Kier alpha value is -2.80. The van der Waals surface area contributed by atoms with Crippen LogP contribution in [-0.4, -0.2) is 47.3 Å². The molecule has 7 heteroatoms. The smallest absolute Gasteiger partial charge is 0.234 e. The highest BCUT2D eigenvalue weighted by Gasteiger charge is 2.35. The molecule has 1 unspecified atom stereocenters. The number of nitrogens with one attached hydrogen (secondary N) is 1. The van der Waals surface area contributed by atoms with E-state index in [0.29, 0.717) is 23.9 Å². The van der Waals surface area contributed by atoms with Crippen LogP contribution in [0.5, 0.6) is 5.75 Å². The lowest BCUT2D eigenvalue weighted by atomic mass is 10.1. The van der Waals surface area contributed by atoms with Gasteiger partial charge < -0.3 is 10.1 Å². The Morgan fingerprint density at radius 3 is 2.59 bits per heavy atom. The molecular formula is C22H25N3O3S. The van der Waals surface area contributed by atoms with Crippen LogP contribution >= 0.6 is 11.8 Å². The number of amides is 2. The minimum absolute atomic E-state index is 0.0804. The number of benzene rings is 2. The average molecular weight is 412 g/mol. The van der Waals surface area contributed by atoms with Gasteiger partial charge in [-0.3, -0.25) is 14.5 Å². The first-order valence-electron chi connectivity index (χ1n) is 9.62. The molecule has 0 aliphatic carbocycles. The highest BCUT2D eigenvalue weighted by Crippen LogP contribution is 2.30. The second-order valence-corrected chi connectivity index (χ2v) is 7.75. The van der Waals surface area contributed by atoms with Crippen molar-refractivity contribution in [3.63, 3.8) is 0 Å². The van der Waals surface area contributed by atoms with E-state index in [1.54, 1.807) is 12.0 Å². The number of amidine groups is 1. The van der Waals surface area contributed by atoms with Gasteiger partial charge in [0.2, 0.25) is 11.8 Å². The molecule has 3 rings (SSSR count). The van der Waals surface area contributed by atoms with Gasteiger partial charge in [-0.1, -0.05) is 42.1 Å². The summed E-state index contributed by atoms with van der Waals surface area (Å²) >= 11 is 1.34. The van der Waals surface area contributed by atoms with Gasteiger partial charge in [0.1, 0.15) is 5.75 Å². The molecule has 1 heterocycles. The first kappa shape index (κ1) is 20.9. The lowest BCUT2D eigenvalue weighted by Gasteiger charge is -2.31. The van der Waals surface area contributed by atoms with Crippen molar-refractivity contribution in [2.75, 3.05) is 20.2 Å². The van der Waals surface area contributed by atoms with Crippen molar-refractivity contribution in [3.8, 4) is 5.75 Å². The van der Waals surface area contributed by atoms with Gasteiger partial charge in [0, 0.05) is 19.5 Å². The van der Waals surface area contributed by atoms with Crippen LogP contribution in [0.25, 0.3) is 0 Å². The van der Waals surface area contributed by atoms with Gasteiger partial charge in [0.05, 0.1) is 18.0 Å². The van der Waals surface area contributed by atoms with Crippen molar-refractivity contribution in [1.29, 1.82) is 0 Å². The Kier molecular flexibility index (Phi) is 7.30. The van der Waals surface area contributed by atoms with E-state index < -0.39 is 5.25 Å². The predicted molar refractivity (Wildman–Crippen MR) is 117 cm³/mol. The Bertz CT molecular complexity index is 869. The number of aliphatic imine (C=N–C) groups is 1. The second-order valence-electron chi connectivity index (χ2n) is 6.58. The minimum Gasteiger partial charge on any atom is -0.497 e. The molecule has 6 nitrogen and oxygen atoms in total. The largest absolute Gasteiger partial charge is 0.497 e. The molecule has 2 aromatic carbocycles. The molecule has 1 atom stereocenters. The predicted octanol–water partition coefficient (Wildman–Crippen LogP) is 3.40. The zero-order valence-electron chi connectivity index (χ0n) is 16.6. The third-order valence-corrected chi connectivity index (χ3v) is 5.73. The molecule has 1 N–H and O–H groups in total. The van der Waals surface area contributed by atoms with Crippen LogP contribution in [0.15, 0.2) is 59.6 Å². The van der Waals surface area contributed by atoms with Crippen LogP contribution in [0, 0.1) is 0 Å². The maximum atomic E-state index is 12.9. The molecule has 0 aromatic heterocycles. The number of carbonyl (C=O) groups is 2. The van der Waals surface area contributed by atoms with Crippen molar-refractivity contribution in [3.05, 3.63) is 60.2 Å². The average Bonchev–Trinajstić information content (AvgIpc) is 2.74. The third-order valence-electron chi connectivity index (χ3n) is 4.55. The SMILES string of the molecule is CCNC(=O)C1CC(=O)N(CCc2ccccc2)C(=Nc2ccc(OC)cc2)S1. The summed E-state index contributed by atoms with van der Waals surface area (Å²) in [6, 6.07) is 17.3. The number of nitrogens with zero attached hydrogens (tertiary/aromatic N) is 2. The molecule has 0 bridgehead atoms. The summed E-state index contributed by atoms with van der Waals surface area (Å²) in [6.45, 7) is 2.92. The van der Waals surface area contributed by atoms with Crippen molar-refractivity contribution in [2.24, 2.45) is 4.99 Å². The molecule has 2 amide bonds. The van der Waals surface area contributed by atoms with Crippen LogP contribution in [-0.2, 0) is 16.0 Å². The van der Waals surface area contributed by atoms with Crippen LogP contribution in [0.3, 0.4) is 0 Å². The summed E-state index contributed by atoms with van der Waals surface area (Å²) in [7, 11) is 1.61. The molecule has 1 aliphatic heterocycles. The van der Waals surface area contributed by atoms with E-state index in [4.69, 9.17) is 4.74 Å². The fourth-order valence-corrected chi connectivity index (χ4v) is 4.15. The molecule has 152 valence electrons. The van der Waals surface area contributed by atoms with Gasteiger partial charge in [-0.15, -0.1) is 0 Å². The lowest BCUT2D eigenvalue weighted by molar-refractivity contribution is -0.130. The van der Waals surface area contributed by atoms with Gasteiger partial charge in [-0.25, -0.2) is 4.99 Å². The highest BCUT2D eigenvalue weighted by molar-refractivity contribution is 8.15. The van der Waals surface area contributed by atoms with Crippen molar-refractivity contribution in [2.45, 2.75) is 25.0 Å². The summed E-state index contributed by atoms with van der Waals surface area (Å²) in [5, 5.41) is 2.89. The van der Waals surface area contributed by atoms with Crippen molar-refractivity contribution >= 4 is 34.4 Å². The molecule has 29 heavy (non-hydrogen) atoms. The number of ether oxygens (including phenoxy) is 1. The Morgan fingerprint density at radius 2 is 1.93 bits per heavy atom. The van der Waals surface area contributed by atoms with Crippen LogP contribution in [0.2, 0.25) is 0 Å². The summed E-state index contributed by atoms with van der Waals surface area (Å²) in [5.74, 6) is 0.529. The molecule has 0 radical (unpaired) electrons. The Labute approximate surface area is 175 Å². The van der Waals surface area contributed by atoms with E-state index >= 15 is 0 Å². The quantitative estimate of drug-likeness (QED) is 0.758. The molecule has 1 aliphatic rings. The second kappa shape index (κ2) is 10.1. The number of rotatable bonds is 7. The third kappa shape index (κ3) is 5.60. The number of thioether (sulfide) groups is 1. The summed E-state index contributed by atoms with van der Waals surface area (Å²) in [5.41, 5.74) is 1.86. The molecule has 1 fully saturated rings. The van der Waals surface area contributed by atoms with E-state index in [1.165, 1.54) is 11.8 Å². The number of methoxy groups -OCH3 is 1. The van der Waals surface area contributed by atoms with Gasteiger partial charge >= 0.3 is 0 Å². The molecular weight excluding hydrogens is 386 g/mol. The molecule has 1 saturated heterocycles. The van der Waals surface area contributed by atoms with Crippen molar-refractivity contribution < 1.29 is 14.3 Å². The van der Waals surface area contributed by atoms with E-state index in [2.05, 4.69) is 10.3 Å². The van der Waals surface area contributed by atoms with E-state index in [0.717, 1.165) is 17.7 Å². The van der Waals surface area contributed by atoms with Gasteiger partial charge in [-0.2, -0.15) is 0 Å². The zero-order chi connectivity index (χ0) is 20.6. The minimum atomic E-state index is -0.465. The van der Waals surface area contributed by atoms with Crippen LogP contribution in [0.4, 0.5) is 5.69 Å². The monoisotopic (exact) mass is 411 g/mol. The first-order chi connectivity index (χ1) is 14.1. The van der Waals surface area contributed by atoms with E-state index in [1.807, 2.05) is 61.5 Å². The summed E-state index contributed by atoms with van der Waals surface area (Å²) in [6.07, 6.45) is 0.896. The lowest BCUT2D eigenvalue weighted by Crippen LogP contribution is -2.47. The van der Waals surface area contributed by atoms with Gasteiger partial charge in [0.15, 0.2) is 5.17 Å². The van der Waals surface area contributed by atoms with E-state index in [-0.39, 0.29) is 18.2 Å². The van der Waals surface area contributed by atoms with Gasteiger partial charge in [-0.05, 0) is 43.2 Å². The molecule has 2 aromatic rings. The van der Waals surface area contributed by atoms with Crippen LogP contribution < -0.4 is 10.1 Å². The highest BCUT2D eigenvalue weighted by atomic mass is 32.2. The normalized spacial score (nSPS) is 18.0. The maximum Gasteiger partial charge on any atom is 0.234 e. The molecule has 0 saturated carbocycles. The Morgan fingerprint density at radius 1 is 1.21 bits per heavy atom. The van der Waals surface area contributed by atoms with Gasteiger partial charge in [0.25, 0.3) is 0 Å². The fourth-order valence-electron chi connectivity index (χ4n) is 3.00. The van der Waals surface area contributed by atoms with E-state index in [9.17, 15) is 9.59 Å². The maximum absolute atomic E-state index is 12.9.